The molecule has 2 unspecified atom stereocenters. The Bertz CT molecular complexity index is 541. The van der Waals surface area contributed by atoms with Crippen LogP contribution in [0, 0.1) is 11.8 Å². The topological polar surface area (TPSA) is 58.4 Å². The molecule has 1 aromatic rings. The number of amides is 1. The van der Waals surface area contributed by atoms with E-state index in [1.54, 1.807) is 0 Å². The second-order valence-electron chi connectivity index (χ2n) is 7.19. The molecular formula is C19H31N3O. The quantitative estimate of drug-likeness (QED) is 0.817. The number of nitrogens with two attached hydrogens (primary N) is 1. The van der Waals surface area contributed by atoms with Gasteiger partial charge in [0.25, 0.3) is 0 Å². The van der Waals surface area contributed by atoms with E-state index >= 15 is 0 Å². The van der Waals surface area contributed by atoms with E-state index < -0.39 is 0 Å². The smallest absolute Gasteiger partial charge is 0.241 e. The van der Waals surface area contributed by atoms with Crippen LogP contribution in [0.25, 0.3) is 0 Å². The lowest BCUT2D eigenvalue weighted by Crippen LogP contribution is -2.50. The fourth-order valence-electron chi connectivity index (χ4n) is 3.58. The van der Waals surface area contributed by atoms with E-state index in [0.717, 1.165) is 36.4 Å². The van der Waals surface area contributed by atoms with E-state index in [1.165, 1.54) is 12.8 Å². The number of anilines is 2. The van der Waals surface area contributed by atoms with Gasteiger partial charge in [0.05, 0.1) is 6.04 Å². The summed E-state index contributed by atoms with van der Waals surface area (Å²) in [5.74, 6) is 1.03. The third kappa shape index (κ3) is 4.47. The van der Waals surface area contributed by atoms with Gasteiger partial charge in [-0.3, -0.25) is 9.69 Å². The molecule has 1 aromatic carbocycles. The molecule has 1 aliphatic heterocycles. The molecule has 0 aliphatic carbocycles. The third-order valence-electron chi connectivity index (χ3n) is 4.78. The number of aryl methyl sites for hydroxylation is 1. The highest BCUT2D eigenvalue weighted by Crippen LogP contribution is 2.23. The number of piperidine rings is 1. The summed E-state index contributed by atoms with van der Waals surface area (Å²) in [6.07, 6.45) is 3.34. The maximum absolute atomic E-state index is 12.8. The third-order valence-corrected chi connectivity index (χ3v) is 4.78. The van der Waals surface area contributed by atoms with E-state index in [2.05, 4.69) is 37.9 Å². The number of hydrogen-bond donors (Lipinski definition) is 2. The van der Waals surface area contributed by atoms with Crippen LogP contribution in [0.2, 0.25) is 0 Å². The molecule has 1 saturated heterocycles. The van der Waals surface area contributed by atoms with Crippen LogP contribution in [0.3, 0.4) is 0 Å². The van der Waals surface area contributed by atoms with Crippen molar-refractivity contribution in [2.75, 3.05) is 24.1 Å². The molecule has 128 valence electrons. The van der Waals surface area contributed by atoms with Gasteiger partial charge >= 0.3 is 0 Å². The normalized spacial score (nSPS) is 20.5. The van der Waals surface area contributed by atoms with Gasteiger partial charge in [-0.1, -0.05) is 33.8 Å². The molecule has 2 rings (SSSR count). The Morgan fingerprint density at radius 1 is 1.43 bits per heavy atom. The number of hydrogen-bond acceptors (Lipinski definition) is 3. The molecule has 1 heterocycles. The monoisotopic (exact) mass is 317 g/mol. The van der Waals surface area contributed by atoms with Crippen LogP contribution in [0.15, 0.2) is 18.2 Å². The number of benzene rings is 1. The van der Waals surface area contributed by atoms with Crippen LogP contribution in [-0.4, -0.2) is 29.9 Å². The molecular weight excluding hydrogens is 286 g/mol. The predicted octanol–water partition coefficient (Wildman–Crippen LogP) is 3.53. The minimum Gasteiger partial charge on any atom is -0.398 e. The van der Waals surface area contributed by atoms with Gasteiger partial charge in [0.15, 0.2) is 0 Å². The molecule has 1 fully saturated rings. The first kappa shape index (κ1) is 17.8. The van der Waals surface area contributed by atoms with Crippen molar-refractivity contribution < 1.29 is 4.79 Å². The highest BCUT2D eigenvalue weighted by Gasteiger charge is 2.31. The molecule has 0 spiro atoms. The number of carbonyl (C=O) groups is 1. The Labute approximate surface area is 140 Å². The molecule has 23 heavy (non-hydrogen) atoms. The summed E-state index contributed by atoms with van der Waals surface area (Å²) in [5, 5.41) is 3.07. The van der Waals surface area contributed by atoms with Crippen LogP contribution >= 0.6 is 0 Å². The first-order valence-electron chi connectivity index (χ1n) is 8.85. The number of carbonyl (C=O) groups excluding carboxylic acids is 1. The number of nitrogen functional groups attached to an aromatic ring is 1. The molecule has 0 aromatic heterocycles. The predicted molar refractivity (Wildman–Crippen MR) is 97.5 cm³/mol. The first-order valence-corrected chi connectivity index (χ1v) is 8.85. The molecule has 0 saturated carbocycles. The molecule has 2 atom stereocenters. The number of rotatable bonds is 5. The lowest BCUT2D eigenvalue weighted by Gasteiger charge is -2.38. The largest absolute Gasteiger partial charge is 0.398 e. The van der Waals surface area contributed by atoms with Crippen molar-refractivity contribution >= 4 is 17.3 Å². The molecule has 0 radical (unpaired) electrons. The summed E-state index contributed by atoms with van der Waals surface area (Å²) in [4.78, 5) is 15.2. The van der Waals surface area contributed by atoms with Gasteiger partial charge in [0.1, 0.15) is 0 Å². The molecule has 0 bridgehead atoms. The Hall–Kier alpha value is -1.55. The zero-order valence-corrected chi connectivity index (χ0v) is 14.9. The van der Waals surface area contributed by atoms with Crippen molar-refractivity contribution in [1.82, 2.24) is 4.90 Å². The van der Waals surface area contributed by atoms with Crippen molar-refractivity contribution in [2.45, 2.75) is 53.0 Å². The van der Waals surface area contributed by atoms with Gasteiger partial charge in [-0.25, -0.2) is 0 Å². The first-order chi connectivity index (χ1) is 10.9. The van der Waals surface area contributed by atoms with Crippen LogP contribution in [0.5, 0.6) is 0 Å². The zero-order chi connectivity index (χ0) is 17.0. The van der Waals surface area contributed by atoms with Gasteiger partial charge in [0.2, 0.25) is 5.91 Å². The van der Waals surface area contributed by atoms with Gasteiger partial charge in [-0.15, -0.1) is 0 Å². The average molecular weight is 317 g/mol. The summed E-state index contributed by atoms with van der Waals surface area (Å²) in [6, 6.07) is 5.74. The maximum Gasteiger partial charge on any atom is 0.241 e. The van der Waals surface area contributed by atoms with Gasteiger partial charge in [-0.2, -0.15) is 0 Å². The molecule has 4 heteroatoms. The van der Waals surface area contributed by atoms with Crippen LogP contribution < -0.4 is 11.1 Å². The van der Waals surface area contributed by atoms with Crippen LogP contribution in [0.4, 0.5) is 11.4 Å². The Morgan fingerprint density at radius 3 is 2.74 bits per heavy atom. The second-order valence-corrected chi connectivity index (χ2v) is 7.19. The fourth-order valence-corrected chi connectivity index (χ4v) is 3.58. The molecule has 1 aliphatic rings. The van der Waals surface area contributed by atoms with E-state index in [0.29, 0.717) is 5.92 Å². The minimum atomic E-state index is -0.0789. The van der Waals surface area contributed by atoms with Gasteiger partial charge in [-0.05, 0) is 55.3 Å². The van der Waals surface area contributed by atoms with Crippen LogP contribution in [-0.2, 0) is 11.2 Å². The standard InChI is InChI=1S/C19H31N3O/c1-5-15-8-9-16(11-17(15)20)21-19(23)18(13(2)3)22-10-6-7-14(4)12-22/h8-9,11,13-14,18H,5-7,10,12,20H2,1-4H3,(H,21,23). The van der Waals surface area contributed by atoms with Gasteiger partial charge < -0.3 is 11.1 Å². The van der Waals surface area contributed by atoms with Crippen molar-refractivity contribution in [3.63, 3.8) is 0 Å². The second kappa shape index (κ2) is 7.82. The lowest BCUT2D eigenvalue weighted by molar-refractivity contribution is -0.123. The Balaban J connectivity index is 2.10. The van der Waals surface area contributed by atoms with E-state index in [-0.39, 0.29) is 17.9 Å². The highest BCUT2D eigenvalue weighted by atomic mass is 16.2. The van der Waals surface area contributed by atoms with Crippen molar-refractivity contribution in [1.29, 1.82) is 0 Å². The summed E-state index contributed by atoms with van der Waals surface area (Å²) in [7, 11) is 0. The molecule has 3 N–H and O–H groups in total. The summed E-state index contributed by atoms with van der Waals surface area (Å²) < 4.78 is 0. The minimum absolute atomic E-state index is 0.0789. The average Bonchev–Trinajstić information content (AvgIpc) is 2.47. The van der Waals surface area contributed by atoms with E-state index in [1.807, 2.05) is 18.2 Å². The number of likely N-dealkylation sites (tertiary alicyclic amines) is 1. The zero-order valence-electron chi connectivity index (χ0n) is 14.9. The SMILES string of the molecule is CCc1ccc(NC(=O)C(C(C)C)N2CCCC(C)C2)cc1N. The Kier molecular flexibility index (Phi) is 6.05. The summed E-state index contributed by atoms with van der Waals surface area (Å²) >= 11 is 0. The van der Waals surface area contributed by atoms with Crippen molar-refractivity contribution in [3.8, 4) is 0 Å². The van der Waals surface area contributed by atoms with E-state index in [9.17, 15) is 4.79 Å². The Morgan fingerprint density at radius 2 is 2.17 bits per heavy atom. The lowest BCUT2D eigenvalue weighted by atomic mass is 9.94. The van der Waals surface area contributed by atoms with E-state index in [4.69, 9.17) is 5.73 Å². The molecule has 4 nitrogen and oxygen atoms in total. The molecule has 1 amide bonds. The van der Waals surface area contributed by atoms with Crippen molar-refractivity contribution in [2.24, 2.45) is 11.8 Å². The number of nitrogens with zero attached hydrogens (tertiary/aromatic N) is 1. The van der Waals surface area contributed by atoms with Crippen LogP contribution in [0.1, 0.15) is 46.1 Å². The summed E-state index contributed by atoms with van der Waals surface area (Å²) in [6.45, 7) is 10.6. The fraction of sp³-hybridized carbons (Fsp3) is 0.632. The van der Waals surface area contributed by atoms with Gasteiger partial charge in [0, 0.05) is 17.9 Å². The highest BCUT2D eigenvalue weighted by molar-refractivity contribution is 5.95. The summed E-state index contributed by atoms with van der Waals surface area (Å²) in [5.41, 5.74) is 8.70. The maximum atomic E-state index is 12.8. The number of nitrogens with one attached hydrogen (secondary N) is 1. The van der Waals surface area contributed by atoms with Crippen molar-refractivity contribution in [3.05, 3.63) is 23.8 Å².